The number of hydrogen-bond acceptors (Lipinski definition) is 5. The number of esters is 1. The van der Waals surface area contributed by atoms with E-state index in [1.165, 1.54) is 17.2 Å². The third kappa shape index (κ3) is 4.26. The molecule has 0 bridgehead atoms. The lowest BCUT2D eigenvalue weighted by Crippen LogP contribution is -2.65. The van der Waals surface area contributed by atoms with Crippen molar-refractivity contribution in [3.05, 3.63) is 46.8 Å². The van der Waals surface area contributed by atoms with Crippen LogP contribution in [0.5, 0.6) is 0 Å². The lowest BCUT2D eigenvalue weighted by Gasteiger charge is -2.44. The zero-order chi connectivity index (χ0) is 23.8. The summed E-state index contributed by atoms with van der Waals surface area (Å²) in [7, 11) is 0. The van der Waals surface area contributed by atoms with Crippen molar-refractivity contribution in [2.24, 2.45) is 0 Å². The summed E-state index contributed by atoms with van der Waals surface area (Å²) >= 11 is 0. The first-order chi connectivity index (χ1) is 15.7. The van der Waals surface area contributed by atoms with Gasteiger partial charge >= 0.3 is 5.97 Å². The Morgan fingerprint density at radius 2 is 1.91 bits per heavy atom. The van der Waals surface area contributed by atoms with Gasteiger partial charge in [0.25, 0.3) is 5.91 Å². The number of ether oxygens (including phenoxy) is 1. The number of aryl methyl sites for hydroxylation is 2. The molecule has 1 aliphatic carbocycles. The number of hydrogen-bond donors (Lipinski definition) is 1. The minimum absolute atomic E-state index is 0.0676. The number of amides is 2. The molecule has 1 aliphatic heterocycles. The minimum atomic E-state index is -1.21. The zero-order valence-corrected chi connectivity index (χ0v) is 19.8. The van der Waals surface area contributed by atoms with Gasteiger partial charge in [0, 0.05) is 17.8 Å². The van der Waals surface area contributed by atoms with Gasteiger partial charge < -0.3 is 10.1 Å². The monoisotopic (exact) mass is 452 g/mol. The van der Waals surface area contributed by atoms with Crippen LogP contribution < -0.4 is 10.2 Å². The van der Waals surface area contributed by atoms with Crippen LogP contribution in [0.2, 0.25) is 0 Å². The molecule has 2 amide bonds. The van der Waals surface area contributed by atoms with Crippen molar-refractivity contribution >= 4 is 23.5 Å². The Balaban J connectivity index is 1.78. The van der Waals surface area contributed by atoms with Crippen molar-refractivity contribution in [2.75, 3.05) is 11.5 Å². The number of aromatic nitrogens is 2. The van der Waals surface area contributed by atoms with E-state index in [4.69, 9.17) is 4.74 Å². The second kappa shape index (κ2) is 9.00. The summed E-state index contributed by atoms with van der Waals surface area (Å²) in [5.74, 6) is -1.15. The van der Waals surface area contributed by atoms with E-state index in [0.717, 1.165) is 36.8 Å². The third-order valence-electron chi connectivity index (χ3n) is 6.67. The highest BCUT2D eigenvalue weighted by molar-refractivity contribution is 6.12. The van der Waals surface area contributed by atoms with Gasteiger partial charge in [0.05, 0.1) is 13.2 Å². The van der Waals surface area contributed by atoms with Crippen LogP contribution in [0.25, 0.3) is 0 Å². The van der Waals surface area contributed by atoms with E-state index in [9.17, 15) is 14.4 Å². The number of anilines is 1. The normalized spacial score (nSPS) is 21.0. The van der Waals surface area contributed by atoms with E-state index in [1.807, 2.05) is 32.0 Å². The third-order valence-corrected chi connectivity index (χ3v) is 6.67. The maximum absolute atomic E-state index is 13.8. The summed E-state index contributed by atoms with van der Waals surface area (Å²) < 4.78 is 6.54. The fourth-order valence-electron chi connectivity index (χ4n) is 4.81. The molecule has 2 aliphatic rings. The zero-order valence-electron chi connectivity index (χ0n) is 19.8. The van der Waals surface area contributed by atoms with Gasteiger partial charge in [-0.3, -0.25) is 19.2 Å². The van der Waals surface area contributed by atoms with E-state index in [2.05, 4.69) is 10.4 Å². The second-order valence-electron chi connectivity index (χ2n) is 9.31. The number of nitrogens with one attached hydrogen (secondary N) is 1. The highest BCUT2D eigenvalue weighted by Crippen LogP contribution is 2.35. The number of rotatable bonds is 5. The van der Waals surface area contributed by atoms with E-state index < -0.39 is 11.5 Å². The van der Waals surface area contributed by atoms with E-state index in [0.29, 0.717) is 5.69 Å². The fraction of sp³-hybridized carbons (Fsp3) is 0.520. The lowest BCUT2D eigenvalue weighted by molar-refractivity contribution is -0.127. The molecule has 0 radical (unpaired) electrons. The van der Waals surface area contributed by atoms with Crippen LogP contribution in [0.1, 0.15) is 78.1 Å². The Bertz CT molecular complexity index is 1090. The van der Waals surface area contributed by atoms with E-state index in [-0.39, 0.29) is 42.4 Å². The Morgan fingerprint density at radius 1 is 1.18 bits per heavy atom. The number of carbonyl (C=O) groups excluding carboxylic acids is 3. The number of fused-ring (bicyclic) bond motifs is 1. The summed E-state index contributed by atoms with van der Waals surface area (Å²) in [4.78, 5) is 41.4. The molecule has 4 rings (SSSR count). The largest absolute Gasteiger partial charge is 0.461 e. The molecule has 1 aromatic heterocycles. The standard InChI is InChI=1S/C25H32N4O4/c1-5-33-23(31)19-14-21-22(30)29(20-13-16(2)11-12-17(20)3)25(4,15-28(21)27-19)24(32)26-18-9-7-6-8-10-18/h11-14,18H,5-10,15H2,1-4H3,(H,26,32)/t25-/m1/s1. The molecule has 1 N–H and O–H groups in total. The predicted octanol–water partition coefficient (Wildman–Crippen LogP) is 3.54. The van der Waals surface area contributed by atoms with E-state index in [1.54, 1.807) is 18.7 Å². The highest BCUT2D eigenvalue weighted by Gasteiger charge is 2.50. The first-order valence-corrected chi connectivity index (χ1v) is 11.7. The first-order valence-electron chi connectivity index (χ1n) is 11.7. The molecule has 0 saturated heterocycles. The fourth-order valence-corrected chi connectivity index (χ4v) is 4.81. The van der Waals surface area contributed by atoms with Crippen molar-refractivity contribution in [1.29, 1.82) is 0 Å². The molecule has 0 unspecified atom stereocenters. The van der Waals surface area contributed by atoms with Gasteiger partial charge in [-0.1, -0.05) is 31.4 Å². The van der Waals surface area contributed by atoms with Gasteiger partial charge in [0.1, 0.15) is 11.2 Å². The van der Waals surface area contributed by atoms with Gasteiger partial charge in [-0.25, -0.2) is 4.79 Å². The lowest BCUT2D eigenvalue weighted by atomic mass is 9.90. The average molecular weight is 453 g/mol. The van der Waals surface area contributed by atoms with Gasteiger partial charge in [-0.15, -0.1) is 0 Å². The molecule has 33 heavy (non-hydrogen) atoms. The van der Waals surface area contributed by atoms with Crippen LogP contribution in [-0.2, 0) is 16.1 Å². The van der Waals surface area contributed by atoms with Crippen molar-refractivity contribution in [2.45, 2.75) is 77.9 Å². The molecule has 0 spiro atoms. The molecule has 8 heteroatoms. The number of carbonyl (C=O) groups is 3. The van der Waals surface area contributed by atoms with Crippen LogP contribution in [0.15, 0.2) is 24.3 Å². The molecule has 2 heterocycles. The maximum Gasteiger partial charge on any atom is 0.358 e. The summed E-state index contributed by atoms with van der Waals surface area (Å²) in [6.45, 7) is 7.73. The minimum Gasteiger partial charge on any atom is -0.461 e. The molecule has 1 aromatic carbocycles. The van der Waals surface area contributed by atoms with E-state index >= 15 is 0 Å². The average Bonchev–Trinajstić information content (AvgIpc) is 3.21. The van der Waals surface area contributed by atoms with Crippen LogP contribution in [-0.4, -0.2) is 45.8 Å². The van der Waals surface area contributed by atoms with Crippen molar-refractivity contribution in [3.8, 4) is 0 Å². The molecular formula is C25H32N4O4. The molecule has 1 fully saturated rings. The van der Waals surface area contributed by atoms with Gasteiger partial charge in [0.2, 0.25) is 5.91 Å². The Labute approximate surface area is 194 Å². The van der Waals surface area contributed by atoms with Crippen LogP contribution in [0, 0.1) is 13.8 Å². The molecule has 1 saturated carbocycles. The smallest absolute Gasteiger partial charge is 0.358 e. The topological polar surface area (TPSA) is 93.5 Å². The Kier molecular flexibility index (Phi) is 6.28. The van der Waals surface area contributed by atoms with Gasteiger partial charge in [-0.2, -0.15) is 5.10 Å². The second-order valence-corrected chi connectivity index (χ2v) is 9.31. The Morgan fingerprint density at radius 3 is 2.61 bits per heavy atom. The summed E-state index contributed by atoms with van der Waals surface area (Å²) in [6, 6.07) is 7.42. The van der Waals surface area contributed by atoms with Crippen molar-refractivity contribution in [1.82, 2.24) is 15.1 Å². The quantitative estimate of drug-likeness (QED) is 0.701. The van der Waals surface area contributed by atoms with Gasteiger partial charge in [-0.05, 0) is 57.7 Å². The summed E-state index contributed by atoms with van der Waals surface area (Å²) in [5, 5.41) is 7.53. The van der Waals surface area contributed by atoms with Crippen LogP contribution >= 0.6 is 0 Å². The SMILES string of the molecule is CCOC(=O)c1cc2n(n1)C[C@](C)(C(=O)NC1CCCCC1)N(c1cc(C)ccc1C)C2=O. The first kappa shape index (κ1) is 23.0. The molecule has 2 aromatic rings. The molecular weight excluding hydrogens is 420 g/mol. The summed E-state index contributed by atoms with van der Waals surface area (Å²) in [5.41, 5.74) is 1.69. The van der Waals surface area contributed by atoms with Crippen molar-refractivity contribution < 1.29 is 19.1 Å². The van der Waals surface area contributed by atoms with Crippen LogP contribution in [0.3, 0.4) is 0 Å². The molecule has 176 valence electrons. The summed E-state index contributed by atoms with van der Waals surface area (Å²) in [6.07, 6.45) is 5.25. The predicted molar refractivity (Wildman–Crippen MR) is 124 cm³/mol. The number of benzene rings is 1. The van der Waals surface area contributed by atoms with Crippen molar-refractivity contribution in [3.63, 3.8) is 0 Å². The highest BCUT2D eigenvalue weighted by atomic mass is 16.5. The molecule has 1 atom stereocenters. The molecule has 8 nitrogen and oxygen atoms in total. The van der Waals surface area contributed by atoms with Crippen LogP contribution in [0.4, 0.5) is 5.69 Å². The maximum atomic E-state index is 13.8. The Hall–Kier alpha value is -3.16. The van der Waals surface area contributed by atoms with Gasteiger partial charge in [0.15, 0.2) is 5.69 Å². The number of nitrogens with zero attached hydrogens (tertiary/aromatic N) is 3.